The summed E-state index contributed by atoms with van der Waals surface area (Å²) < 4.78 is 0.862. The summed E-state index contributed by atoms with van der Waals surface area (Å²) in [4.78, 5) is 0. The Morgan fingerprint density at radius 1 is 1.50 bits per heavy atom. The Morgan fingerprint density at radius 3 is 2.70 bits per heavy atom. The number of hydrogen-bond donors (Lipinski definition) is 0. The molecule has 0 amide bonds. The van der Waals surface area contributed by atoms with E-state index in [0.717, 1.165) is 10.0 Å². The second-order valence-electron chi connectivity index (χ2n) is 2.10. The maximum Gasteiger partial charge on any atom is 0.100 e. The molecule has 0 saturated heterocycles. The summed E-state index contributed by atoms with van der Waals surface area (Å²) in [6.45, 7) is 1.97. The highest BCUT2D eigenvalue weighted by molar-refractivity contribution is 9.10. The quantitative estimate of drug-likeness (QED) is 0.625. The van der Waals surface area contributed by atoms with Crippen molar-refractivity contribution < 1.29 is 0 Å². The zero-order chi connectivity index (χ0) is 7.56. The standard InChI is InChI=1S/C8H6BrN/c1-6-2-3-8(9)7(4-6)5-10/h2-4H,1H3. The third-order valence-electron chi connectivity index (χ3n) is 1.24. The fourth-order valence-electron chi connectivity index (χ4n) is 0.725. The van der Waals surface area contributed by atoms with Crippen molar-refractivity contribution in [2.45, 2.75) is 6.92 Å². The summed E-state index contributed by atoms with van der Waals surface area (Å²) in [5, 5.41) is 8.56. The Labute approximate surface area is 68.4 Å². The van der Waals surface area contributed by atoms with Gasteiger partial charge in [0.05, 0.1) is 5.56 Å². The minimum Gasteiger partial charge on any atom is -0.192 e. The van der Waals surface area contributed by atoms with Gasteiger partial charge in [0.2, 0.25) is 0 Å². The fraction of sp³-hybridized carbons (Fsp3) is 0.125. The van der Waals surface area contributed by atoms with Crippen molar-refractivity contribution in [3.63, 3.8) is 0 Å². The lowest BCUT2D eigenvalue weighted by molar-refractivity contribution is 1.40. The van der Waals surface area contributed by atoms with Gasteiger partial charge in [-0.2, -0.15) is 5.26 Å². The SMILES string of the molecule is Cc1ccc(Br)c(C#N)c1. The van der Waals surface area contributed by atoms with E-state index in [9.17, 15) is 0 Å². The van der Waals surface area contributed by atoms with Crippen LogP contribution in [0.4, 0.5) is 0 Å². The smallest absolute Gasteiger partial charge is 0.100 e. The molecule has 0 saturated carbocycles. The molecule has 2 heteroatoms. The third-order valence-corrected chi connectivity index (χ3v) is 1.93. The molecule has 0 bridgehead atoms. The van der Waals surface area contributed by atoms with E-state index in [2.05, 4.69) is 22.0 Å². The van der Waals surface area contributed by atoms with E-state index in [4.69, 9.17) is 5.26 Å². The minimum absolute atomic E-state index is 0.694. The van der Waals surface area contributed by atoms with Gasteiger partial charge in [0.1, 0.15) is 6.07 Å². The van der Waals surface area contributed by atoms with Crippen LogP contribution in [0.15, 0.2) is 22.7 Å². The van der Waals surface area contributed by atoms with Gasteiger partial charge in [0.15, 0.2) is 0 Å². The molecule has 0 aliphatic carbocycles. The van der Waals surface area contributed by atoms with Crippen molar-refractivity contribution in [3.05, 3.63) is 33.8 Å². The molecule has 0 heterocycles. The molecular weight excluding hydrogens is 190 g/mol. The van der Waals surface area contributed by atoms with Gasteiger partial charge in [-0.1, -0.05) is 6.07 Å². The predicted octanol–water partition coefficient (Wildman–Crippen LogP) is 2.63. The van der Waals surface area contributed by atoms with Crippen LogP contribution < -0.4 is 0 Å². The van der Waals surface area contributed by atoms with Crippen LogP contribution in [0.3, 0.4) is 0 Å². The highest BCUT2D eigenvalue weighted by atomic mass is 79.9. The lowest BCUT2D eigenvalue weighted by atomic mass is 10.2. The number of rotatable bonds is 0. The second kappa shape index (κ2) is 2.85. The van der Waals surface area contributed by atoms with Gasteiger partial charge in [-0.15, -0.1) is 0 Å². The Morgan fingerprint density at radius 2 is 2.20 bits per heavy atom. The van der Waals surface area contributed by atoms with Crippen LogP contribution in [-0.2, 0) is 0 Å². The highest BCUT2D eigenvalue weighted by Gasteiger charge is 1.95. The molecule has 1 aromatic rings. The van der Waals surface area contributed by atoms with Crippen LogP contribution in [-0.4, -0.2) is 0 Å². The van der Waals surface area contributed by atoms with Crippen molar-refractivity contribution in [3.8, 4) is 6.07 Å². The van der Waals surface area contributed by atoms with Crippen LogP contribution >= 0.6 is 15.9 Å². The Kier molecular flexibility index (Phi) is 2.08. The molecule has 0 radical (unpaired) electrons. The van der Waals surface area contributed by atoms with Crippen molar-refractivity contribution in [1.82, 2.24) is 0 Å². The molecule has 0 aromatic heterocycles. The summed E-state index contributed by atoms with van der Waals surface area (Å²) in [6.07, 6.45) is 0. The average molecular weight is 196 g/mol. The van der Waals surface area contributed by atoms with Crippen molar-refractivity contribution >= 4 is 15.9 Å². The molecule has 0 spiro atoms. The predicted molar refractivity (Wildman–Crippen MR) is 43.6 cm³/mol. The second-order valence-corrected chi connectivity index (χ2v) is 2.95. The molecule has 0 fully saturated rings. The minimum atomic E-state index is 0.694. The largest absolute Gasteiger partial charge is 0.192 e. The van der Waals surface area contributed by atoms with Gasteiger partial charge in [-0.05, 0) is 40.5 Å². The van der Waals surface area contributed by atoms with Crippen LogP contribution in [0, 0.1) is 18.3 Å². The first-order valence-electron chi connectivity index (χ1n) is 2.90. The van der Waals surface area contributed by atoms with Gasteiger partial charge >= 0.3 is 0 Å². The summed E-state index contributed by atoms with van der Waals surface area (Å²) in [6, 6.07) is 7.79. The van der Waals surface area contributed by atoms with Crippen LogP contribution in [0.2, 0.25) is 0 Å². The Bertz CT molecular complexity index is 286. The molecule has 1 nitrogen and oxygen atoms in total. The molecule has 0 aliphatic heterocycles. The first-order chi connectivity index (χ1) is 4.74. The van der Waals surface area contributed by atoms with Crippen molar-refractivity contribution in [1.29, 1.82) is 5.26 Å². The fourth-order valence-corrected chi connectivity index (χ4v) is 1.06. The summed E-state index contributed by atoms with van der Waals surface area (Å²) in [7, 11) is 0. The summed E-state index contributed by atoms with van der Waals surface area (Å²) in [5.41, 5.74) is 1.81. The van der Waals surface area contributed by atoms with E-state index in [-0.39, 0.29) is 0 Å². The molecule has 50 valence electrons. The lowest BCUT2D eigenvalue weighted by Crippen LogP contribution is -1.78. The molecule has 1 aromatic carbocycles. The molecule has 0 N–H and O–H groups in total. The van der Waals surface area contributed by atoms with E-state index in [1.807, 2.05) is 25.1 Å². The van der Waals surface area contributed by atoms with E-state index in [1.54, 1.807) is 0 Å². The van der Waals surface area contributed by atoms with E-state index in [0.29, 0.717) is 5.56 Å². The number of nitriles is 1. The maximum absolute atomic E-state index is 8.56. The highest BCUT2D eigenvalue weighted by Crippen LogP contribution is 2.16. The normalized spacial score (nSPS) is 8.90. The van der Waals surface area contributed by atoms with Gasteiger partial charge in [-0.3, -0.25) is 0 Å². The first kappa shape index (κ1) is 7.30. The van der Waals surface area contributed by atoms with E-state index >= 15 is 0 Å². The van der Waals surface area contributed by atoms with E-state index in [1.165, 1.54) is 0 Å². The molecule has 0 aliphatic rings. The topological polar surface area (TPSA) is 23.8 Å². The number of benzene rings is 1. The lowest BCUT2D eigenvalue weighted by Gasteiger charge is -1.94. The maximum atomic E-state index is 8.56. The molecular formula is C8H6BrN. The van der Waals surface area contributed by atoms with E-state index < -0.39 is 0 Å². The third kappa shape index (κ3) is 1.37. The van der Waals surface area contributed by atoms with Crippen LogP contribution in [0.5, 0.6) is 0 Å². The zero-order valence-electron chi connectivity index (χ0n) is 5.56. The zero-order valence-corrected chi connectivity index (χ0v) is 7.14. The Balaban J connectivity index is 3.25. The van der Waals surface area contributed by atoms with Crippen molar-refractivity contribution in [2.24, 2.45) is 0 Å². The monoisotopic (exact) mass is 195 g/mol. The van der Waals surface area contributed by atoms with Crippen LogP contribution in [0.25, 0.3) is 0 Å². The number of aryl methyl sites for hydroxylation is 1. The van der Waals surface area contributed by atoms with Gasteiger partial charge in [-0.25, -0.2) is 0 Å². The van der Waals surface area contributed by atoms with Crippen LogP contribution in [0.1, 0.15) is 11.1 Å². The summed E-state index contributed by atoms with van der Waals surface area (Å²) >= 11 is 3.27. The number of halogens is 1. The molecule has 0 atom stereocenters. The van der Waals surface area contributed by atoms with Gasteiger partial charge in [0, 0.05) is 4.47 Å². The first-order valence-corrected chi connectivity index (χ1v) is 3.69. The molecule has 0 unspecified atom stereocenters. The number of nitrogens with zero attached hydrogens (tertiary/aromatic N) is 1. The Hall–Kier alpha value is -0.810. The van der Waals surface area contributed by atoms with Gasteiger partial charge < -0.3 is 0 Å². The molecule has 10 heavy (non-hydrogen) atoms. The number of hydrogen-bond acceptors (Lipinski definition) is 1. The van der Waals surface area contributed by atoms with Gasteiger partial charge in [0.25, 0.3) is 0 Å². The van der Waals surface area contributed by atoms with Crippen molar-refractivity contribution in [2.75, 3.05) is 0 Å². The molecule has 1 rings (SSSR count). The summed E-state index contributed by atoms with van der Waals surface area (Å²) in [5.74, 6) is 0. The average Bonchev–Trinajstić information content (AvgIpc) is 1.94.